The van der Waals surface area contributed by atoms with Crippen LogP contribution in [-0.2, 0) is 6.42 Å². The molecule has 1 aliphatic heterocycles. The summed E-state index contributed by atoms with van der Waals surface area (Å²) in [6, 6.07) is 13.6. The first-order valence-electron chi connectivity index (χ1n) is 9.67. The van der Waals surface area contributed by atoms with Crippen LogP contribution < -0.4 is 9.47 Å². The molecule has 28 heavy (non-hydrogen) atoms. The second kappa shape index (κ2) is 8.05. The Morgan fingerprint density at radius 1 is 1.21 bits per heavy atom. The van der Waals surface area contributed by atoms with E-state index in [2.05, 4.69) is 26.5 Å². The molecule has 0 N–H and O–H groups in total. The summed E-state index contributed by atoms with van der Waals surface area (Å²) >= 11 is 0. The minimum atomic E-state index is -0.522. The van der Waals surface area contributed by atoms with Crippen molar-refractivity contribution in [3.8, 4) is 11.5 Å². The van der Waals surface area contributed by atoms with Crippen molar-refractivity contribution in [3.05, 3.63) is 83.5 Å². The van der Waals surface area contributed by atoms with E-state index >= 15 is 0 Å². The molecule has 3 rings (SSSR count). The highest BCUT2D eigenvalue weighted by Crippen LogP contribution is 2.42. The minimum Gasteiger partial charge on any atom is -0.484 e. The first-order valence-corrected chi connectivity index (χ1v) is 9.67. The van der Waals surface area contributed by atoms with Gasteiger partial charge >= 0.3 is 0 Å². The van der Waals surface area contributed by atoms with Crippen LogP contribution in [-0.4, -0.2) is 11.4 Å². The zero-order valence-corrected chi connectivity index (χ0v) is 17.1. The summed E-state index contributed by atoms with van der Waals surface area (Å²) in [6.45, 7) is 11.9. The lowest BCUT2D eigenvalue weighted by Crippen LogP contribution is -2.26. The summed E-state index contributed by atoms with van der Waals surface area (Å²) in [6.07, 6.45) is 4.61. The van der Waals surface area contributed by atoms with E-state index in [-0.39, 0.29) is 11.9 Å². The predicted molar refractivity (Wildman–Crippen MR) is 113 cm³/mol. The van der Waals surface area contributed by atoms with Crippen LogP contribution in [0.15, 0.2) is 66.8 Å². The van der Waals surface area contributed by atoms with E-state index in [1.165, 1.54) is 5.57 Å². The highest BCUT2D eigenvalue weighted by Gasteiger charge is 2.31. The normalized spacial score (nSPS) is 16.0. The topological polar surface area (TPSA) is 35.5 Å². The Kier molecular flexibility index (Phi) is 5.73. The van der Waals surface area contributed by atoms with Crippen LogP contribution in [0.3, 0.4) is 0 Å². The third kappa shape index (κ3) is 4.36. The second-order valence-electron chi connectivity index (χ2n) is 7.96. The molecular formula is C25H28O3. The molecule has 0 amide bonds. The quantitative estimate of drug-likeness (QED) is 0.559. The number of carbonyl (C=O) groups excluding carboxylic acids is 1. The molecular weight excluding hydrogens is 348 g/mol. The third-order valence-corrected chi connectivity index (χ3v) is 4.90. The lowest BCUT2D eigenvalue weighted by atomic mass is 9.93. The Hall–Kier alpha value is -2.81. The van der Waals surface area contributed by atoms with Gasteiger partial charge in [-0.05, 0) is 57.9 Å². The first-order chi connectivity index (χ1) is 13.3. The van der Waals surface area contributed by atoms with Gasteiger partial charge in [-0.3, -0.25) is 4.79 Å². The van der Waals surface area contributed by atoms with E-state index in [0.717, 1.165) is 16.9 Å². The van der Waals surface area contributed by atoms with E-state index in [0.29, 0.717) is 24.2 Å². The molecule has 0 saturated heterocycles. The Morgan fingerprint density at radius 3 is 2.57 bits per heavy atom. The molecule has 0 bridgehead atoms. The van der Waals surface area contributed by atoms with Gasteiger partial charge in [0.05, 0.1) is 12.0 Å². The molecule has 146 valence electrons. The predicted octanol–water partition coefficient (Wildman–Crippen LogP) is 6.25. The van der Waals surface area contributed by atoms with Crippen molar-refractivity contribution in [2.45, 2.75) is 52.2 Å². The SMILES string of the molecule is C=CC(C)(C)Oc1ccc2c(c1CC=C(C)C)OC(c1ccccc1)CC2=O. The molecule has 3 heteroatoms. The fourth-order valence-corrected chi connectivity index (χ4v) is 3.20. The van der Waals surface area contributed by atoms with Crippen molar-refractivity contribution in [3.63, 3.8) is 0 Å². The van der Waals surface area contributed by atoms with Crippen molar-refractivity contribution >= 4 is 5.78 Å². The van der Waals surface area contributed by atoms with Crippen molar-refractivity contribution in [2.24, 2.45) is 0 Å². The fourth-order valence-electron chi connectivity index (χ4n) is 3.20. The average Bonchev–Trinajstić information content (AvgIpc) is 2.67. The summed E-state index contributed by atoms with van der Waals surface area (Å²) in [5, 5.41) is 0. The van der Waals surface area contributed by atoms with E-state index in [1.54, 1.807) is 6.08 Å². The van der Waals surface area contributed by atoms with Gasteiger partial charge in [0, 0.05) is 5.56 Å². The maximum Gasteiger partial charge on any atom is 0.170 e. The standard InChI is InChI=1S/C25H28O3/c1-6-25(4,5)28-22-15-14-19-21(26)16-23(18-10-8-7-9-11-18)27-24(19)20(22)13-12-17(2)3/h6-12,14-15,23H,1,13,16H2,2-5H3. The van der Waals surface area contributed by atoms with E-state index in [9.17, 15) is 4.79 Å². The van der Waals surface area contributed by atoms with Gasteiger partial charge in [-0.2, -0.15) is 0 Å². The molecule has 2 aromatic rings. The van der Waals surface area contributed by atoms with Crippen molar-refractivity contribution in [1.29, 1.82) is 0 Å². The number of carbonyl (C=O) groups is 1. The Bertz CT molecular complexity index is 903. The van der Waals surface area contributed by atoms with Gasteiger partial charge in [0.1, 0.15) is 23.2 Å². The number of fused-ring (bicyclic) bond motifs is 1. The van der Waals surface area contributed by atoms with E-state index < -0.39 is 5.60 Å². The van der Waals surface area contributed by atoms with Crippen LogP contribution in [0, 0.1) is 0 Å². The zero-order chi connectivity index (χ0) is 20.3. The summed E-state index contributed by atoms with van der Waals surface area (Å²) in [5.41, 5.74) is 3.22. The zero-order valence-electron chi connectivity index (χ0n) is 17.1. The van der Waals surface area contributed by atoms with Crippen LogP contribution in [0.2, 0.25) is 0 Å². The summed E-state index contributed by atoms with van der Waals surface area (Å²) in [7, 11) is 0. The molecule has 0 radical (unpaired) electrons. The molecule has 1 atom stereocenters. The second-order valence-corrected chi connectivity index (χ2v) is 7.96. The number of Topliss-reactive ketones (excluding diaryl/α,β-unsaturated/α-hetero) is 1. The molecule has 0 aromatic heterocycles. The molecule has 1 aliphatic rings. The number of hydrogen-bond donors (Lipinski definition) is 0. The monoisotopic (exact) mass is 376 g/mol. The summed E-state index contributed by atoms with van der Waals surface area (Å²) in [4.78, 5) is 12.9. The van der Waals surface area contributed by atoms with Gasteiger partial charge in [0.2, 0.25) is 0 Å². The van der Waals surface area contributed by atoms with E-state index in [1.807, 2.05) is 56.3 Å². The molecule has 1 heterocycles. The molecule has 0 saturated carbocycles. The largest absolute Gasteiger partial charge is 0.484 e. The number of allylic oxidation sites excluding steroid dienone is 2. The Labute approximate surface area is 167 Å². The van der Waals surface area contributed by atoms with Gasteiger partial charge in [-0.25, -0.2) is 0 Å². The number of hydrogen-bond acceptors (Lipinski definition) is 3. The number of ether oxygens (including phenoxy) is 2. The maximum absolute atomic E-state index is 12.9. The van der Waals surface area contributed by atoms with Crippen LogP contribution >= 0.6 is 0 Å². The van der Waals surface area contributed by atoms with Gasteiger partial charge in [-0.15, -0.1) is 0 Å². The first kappa shape index (κ1) is 19.9. The lowest BCUT2D eigenvalue weighted by Gasteiger charge is -2.30. The van der Waals surface area contributed by atoms with Gasteiger partial charge in [0.25, 0.3) is 0 Å². The molecule has 3 nitrogen and oxygen atoms in total. The highest BCUT2D eigenvalue weighted by molar-refractivity contribution is 6.00. The fraction of sp³-hybridized carbons (Fsp3) is 0.320. The van der Waals surface area contributed by atoms with Crippen molar-refractivity contribution in [2.75, 3.05) is 0 Å². The molecule has 0 fully saturated rings. The lowest BCUT2D eigenvalue weighted by molar-refractivity contribution is 0.0845. The Morgan fingerprint density at radius 2 is 1.93 bits per heavy atom. The minimum absolute atomic E-state index is 0.100. The summed E-state index contributed by atoms with van der Waals surface area (Å²) < 4.78 is 12.6. The van der Waals surface area contributed by atoms with Crippen molar-refractivity contribution < 1.29 is 14.3 Å². The maximum atomic E-state index is 12.9. The summed E-state index contributed by atoms with van der Waals surface area (Å²) in [5.74, 6) is 1.46. The smallest absolute Gasteiger partial charge is 0.170 e. The molecule has 0 aliphatic carbocycles. The van der Waals surface area contributed by atoms with Gasteiger partial charge in [-0.1, -0.05) is 48.6 Å². The molecule has 2 aromatic carbocycles. The van der Waals surface area contributed by atoms with E-state index in [4.69, 9.17) is 9.47 Å². The highest BCUT2D eigenvalue weighted by atomic mass is 16.5. The molecule has 1 unspecified atom stereocenters. The number of ketones is 1. The van der Waals surface area contributed by atoms with Gasteiger partial charge in [0.15, 0.2) is 5.78 Å². The molecule has 0 spiro atoms. The van der Waals surface area contributed by atoms with Crippen LogP contribution in [0.1, 0.15) is 61.7 Å². The third-order valence-electron chi connectivity index (χ3n) is 4.90. The average molecular weight is 376 g/mol. The number of rotatable bonds is 6. The van der Waals surface area contributed by atoms with Gasteiger partial charge < -0.3 is 9.47 Å². The van der Waals surface area contributed by atoms with Crippen LogP contribution in [0.25, 0.3) is 0 Å². The van der Waals surface area contributed by atoms with Crippen LogP contribution in [0.5, 0.6) is 11.5 Å². The van der Waals surface area contributed by atoms with Crippen molar-refractivity contribution in [1.82, 2.24) is 0 Å². The van der Waals surface area contributed by atoms with Crippen LogP contribution in [0.4, 0.5) is 0 Å². The Balaban J connectivity index is 2.08. The number of benzene rings is 2.